The molecular formula is C14H21NO2S. The van der Waals surface area contributed by atoms with E-state index in [-0.39, 0.29) is 6.61 Å². The largest absolute Gasteiger partial charge is 0.497 e. The van der Waals surface area contributed by atoms with Gasteiger partial charge >= 0.3 is 0 Å². The van der Waals surface area contributed by atoms with Crippen LogP contribution >= 0.6 is 11.8 Å². The molecule has 18 heavy (non-hydrogen) atoms. The minimum Gasteiger partial charge on any atom is -0.497 e. The fourth-order valence-electron chi connectivity index (χ4n) is 2.51. The van der Waals surface area contributed by atoms with E-state index >= 15 is 0 Å². The maximum Gasteiger partial charge on any atom is 0.119 e. The van der Waals surface area contributed by atoms with Crippen molar-refractivity contribution in [1.82, 2.24) is 5.32 Å². The molecule has 0 aromatic heterocycles. The number of aliphatic hydroxyl groups excluding tert-OH is 1. The Balaban J connectivity index is 2.10. The first-order valence-corrected chi connectivity index (χ1v) is 7.41. The topological polar surface area (TPSA) is 41.5 Å². The zero-order valence-electron chi connectivity index (χ0n) is 11.0. The van der Waals surface area contributed by atoms with Crippen molar-refractivity contribution in [3.05, 3.63) is 29.3 Å². The first-order valence-electron chi connectivity index (χ1n) is 6.36. The molecule has 1 aromatic rings. The van der Waals surface area contributed by atoms with Crippen LogP contribution in [-0.2, 0) is 6.42 Å². The molecule has 0 saturated heterocycles. The van der Waals surface area contributed by atoms with Gasteiger partial charge in [-0.15, -0.1) is 0 Å². The fourth-order valence-corrected chi connectivity index (χ4v) is 3.88. The van der Waals surface area contributed by atoms with Gasteiger partial charge in [0.1, 0.15) is 5.75 Å². The van der Waals surface area contributed by atoms with Crippen LogP contribution in [0.4, 0.5) is 0 Å². The number of benzene rings is 1. The van der Waals surface area contributed by atoms with Crippen LogP contribution in [0.25, 0.3) is 0 Å². The van der Waals surface area contributed by atoms with E-state index in [1.807, 2.05) is 24.9 Å². The number of thioether (sulfide) groups is 1. The van der Waals surface area contributed by atoms with Crippen LogP contribution in [0.3, 0.4) is 0 Å². The summed E-state index contributed by atoms with van der Waals surface area (Å²) in [6.45, 7) is 0.282. The number of methoxy groups -OCH3 is 1. The summed E-state index contributed by atoms with van der Waals surface area (Å²) in [4.78, 5) is 0. The standard InChI is InChI=1S/C14H21NO2S/c1-15-14-12-9-11(17-2)5-4-10(12)8-13(14)18-7-3-6-16/h4-5,9,13-16H,3,6-8H2,1-2H3. The van der Waals surface area contributed by atoms with Crippen LogP contribution in [0.15, 0.2) is 18.2 Å². The average molecular weight is 267 g/mol. The van der Waals surface area contributed by atoms with Crippen molar-refractivity contribution in [2.24, 2.45) is 0 Å². The van der Waals surface area contributed by atoms with Crippen molar-refractivity contribution in [3.8, 4) is 5.75 Å². The molecule has 0 amide bonds. The molecule has 0 fully saturated rings. The van der Waals surface area contributed by atoms with Crippen LogP contribution in [0, 0.1) is 0 Å². The first kappa shape index (κ1) is 13.7. The summed E-state index contributed by atoms with van der Waals surface area (Å²) < 4.78 is 5.30. The lowest BCUT2D eigenvalue weighted by Gasteiger charge is -2.19. The van der Waals surface area contributed by atoms with Gasteiger partial charge in [-0.3, -0.25) is 0 Å². The molecule has 2 N–H and O–H groups in total. The molecule has 0 spiro atoms. The summed E-state index contributed by atoms with van der Waals surface area (Å²) in [7, 11) is 3.72. The maximum atomic E-state index is 8.86. The number of rotatable bonds is 6. The van der Waals surface area contributed by atoms with Gasteiger partial charge in [-0.2, -0.15) is 11.8 Å². The quantitative estimate of drug-likeness (QED) is 0.774. The highest BCUT2D eigenvalue weighted by Gasteiger charge is 2.31. The molecule has 0 aliphatic heterocycles. The van der Waals surface area contributed by atoms with Gasteiger partial charge in [0, 0.05) is 17.9 Å². The molecule has 4 heteroatoms. The lowest BCUT2D eigenvalue weighted by molar-refractivity contribution is 0.296. The molecule has 100 valence electrons. The van der Waals surface area contributed by atoms with Gasteiger partial charge in [-0.05, 0) is 48.9 Å². The van der Waals surface area contributed by atoms with Gasteiger partial charge in [0.2, 0.25) is 0 Å². The zero-order chi connectivity index (χ0) is 13.0. The molecule has 0 radical (unpaired) electrons. The van der Waals surface area contributed by atoms with Crippen LogP contribution in [0.1, 0.15) is 23.6 Å². The second-order valence-corrected chi connectivity index (χ2v) is 5.87. The van der Waals surface area contributed by atoms with Crippen molar-refractivity contribution in [3.63, 3.8) is 0 Å². The minimum absolute atomic E-state index is 0.282. The third-order valence-corrected chi connectivity index (χ3v) is 4.82. The van der Waals surface area contributed by atoms with Crippen LogP contribution in [0.5, 0.6) is 5.75 Å². The smallest absolute Gasteiger partial charge is 0.119 e. The highest BCUT2D eigenvalue weighted by atomic mass is 32.2. The molecular weight excluding hydrogens is 246 g/mol. The summed E-state index contributed by atoms with van der Waals surface area (Å²) in [5.41, 5.74) is 2.77. The van der Waals surface area contributed by atoms with E-state index in [1.54, 1.807) is 7.11 Å². The number of nitrogens with one attached hydrogen (secondary N) is 1. The van der Waals surface area contributed by atoms with E-state index in [9.17, 15) is 0 Å². The monoisotopic (exact) mass is 267 g/mol. The lowest BCUT2D eigenvalue weighted by atomic mass is 10.1. The number of aliphatic hydroxyl groups is 1. The summed E-state index contributed by atoms with van der Waals surface area (Å²) in [6, 6.07) is 6.74. The Hall–Kier alpha value is -0.710. The summed E-state index contributed by atoms with van der Waals surface area (Å²) in [5.74, 6) is 1.94. The SMILES string of the molecule is CNC1c2cc(OC)ccc2CC1SCCCO. The molecule has 1 aliphatic carbocycles. The van der Waals surface area contributed by atoms with Gasteiger partial charge in [-0.25, -0.2) is 0 Å². The Bertz CT molecular complexity index is 397. The van der Waals surface area contributed by atoms with Gasteiger partial charge in [0.05, 0.1) is 7.11 Å². The molecule has 2 rings (SSSR count). The first-order chi connectivity index (χ1) is 8.80. The van der Waals surface area contributed by atoms with E-state index in [2.05, 4.69) is 17.4 Å². The average Bonchev–Trinajstić information content (AvgIpc) is 2.75. The van der Waals surface area contributed by atoms with Crippen molar-refractivity contribution >= 4 is 11.8 Å². The van der Waals surface area contributed by atoms with Crippen molar-refractivity contribution in [2.75, 3.05) is 26.5 Å². The fraction of sp³-hybridized carbons (Fsp3) is 0.571. The molecule has 0 bridgehead atoms. The maximum absolute atomic E-state index is 8.86. The number of ether oxygens (including phenoxy) is 1. The van der Waals surface area contributed by atoms with Gasteiger partial charge < -0.3 is 15.2 Å². The Kier molecular flexibility index (Phi) is 4.92. The Morgan fingerprint density at radius 1 is 1.50 bits per heavy atom. The van der Waals surface area contributed by atoms with E-state index in [0.717, 1.165) is 24.3 Å². The zero-order valence-corrected chi connectivity index (χ0v) is 11.8. The van der Waals surface area contributed by atoms with Crippen LogP contribution < -0.4 is 10.1 Å². The van der Waals surface area contributed by atoms with Gasteiger partial charge in [0.25, 0.3) is 0 Å². The van der Waals surface area contributed by atoms with Gasteiger partial charge in [0.15, 0.2) is 0 Å². The molecule has 2 unspecified atom stereocenters. The predicted octanol–water partition coefficient (Wildman–Crippen LogP) is 2.00. The van der Waals surface area contributed by atoms with E-state index in [4.69, 9.17) is 9.84 Å². The third-order valence-electron chi connectivity index (χ3n) is 3.43. The number of fused-ring (bicyclic) bond motifs is 1. The normalized spacial score (nSPS) is 21.9. The number of hydrogen-bond acceptors (Lipinski definition) is 4. The molecule has 0 saturated carbocycles. The second kappa shape index (κ2) is 6.45. The molecule has 0 heterocycles. The predicted molar refractivity (Wildman–Crippen MR) is 76.4 cm³/mol. The highest BCUT2D eigenvalue weighted by Crippen LogP contribution is 2.39. The van der Waals surface area contributed by atoms with Crippen molar-refractivity contribution in [1.29, 1.82) is 0 Å². The van der Waals surface area contributed by atoms with Crippen molar-refractivity contribution < 1.29 is 9.84 Å². The minimum atomic E-state index is 0.282. The molecule has 1 aromatic carbocycles. The van der Waals surface area contributed by atoms with E-state index in [1.165, 1.54) is 11.1 Å². The Morgan fingerprint density at radius 3 is 3.00 bits per heavy atom. The Labute approximate surface area is 113 Å². The summed E-state index contributed by atoms with van der Waals surface area (Å²) >= 11 is 1.95. The van der Waals surface area contributed by atoms with E-state index < -0.39 is 0 Å². The van der Waals surface area contributed by atoms with E-state index in [0.29, 0.717) is 11.3 Å². The molecule has 3 nitrogen and oxygen atoms in total. The second-order valence-electron chi connectivity index (χ2n) is 4.52. The summed E-state index contributed by atoms with van der Waals surface area (Å²) in [6.07, 6.45) is 1.97. The van der Waals surface area contributed by atoms with Crippen LogP contribution in [-0.4, -0.2) is 36.9 Å². The highest BCUT2D eigenvalue weighted by molar-refractivity contribution is 7.99. The number of hydrogen-bond donors (Lipinski definition) is 2. The molecule has 1 aliphatic rings. The van der Waals surface area contributed by atoms with Gasteiger partial charge in [-0.1, -0.05) is 6.07 Å². The molecule has 2 atom stereocenters. The summed E-state index contributed by atoms with van der Waals surface area (Å²) in [5, 5.41) is 12.8. The van der Waals surface area contributed by atoms with Crippen LogP contribution in [0.2, 0.25) is 0 Å². The lowest BCUT2D eigenvalue weighted by Crippen LogP contribution is -2.23. The Morgan fingerprint density at radius 2 is 2.33 bits per heavy atom. The third kappa shape index (κ3) is 2.82. The van der Waals surface area contributed by atoms with Crippen molar-refractivity contribution in [2.45, 2.75) is 24.1 Å².